The smallest absolute Gasteiger partial charge is 0.231 e. The second kappa shape index (κ2) is 8.69. The molecule has 2 aromatic rings. The van der Waals surface area contributed by atoms with Gasteiger partial charge >= 0.3 is 0 Å². The van der Waals surface area contributed by atoms with Crippen LogP contribution in [-0.4, -0.2) is 31.3 Å². The molecule has 0 saturated heterocycles. The Hall–Kier alpha value is -3.15. The summed E-state index contributed by atoms with van der Waals surface area (Å²) < 4.78 is 16.0. The predicted octanol–water partition coefficient (Wildman–Crippen LogP) is 3.65. The molecule has 0 radical (unpaired) electrons. The van der Waals surface area contributed by atoms with Gasteiger partial charge in [0.2, 0.25) is 6.79 Å². The molecule has 6 nitrogen and oxygen atoms in total. The SMILES string of the molecule is COc1ccccc1C1CC(=O)C(C(=O)CCCc2ccc3c(c2)OCO3)C(=O)C1. The first-order chi connectivity index (χ1) is 14.6. The molecule has 0 amide bonds. The van der Waals surface area contributed by atoms with E-state index in [4.69, 9.17) is 14.2 Å². The van der Waals surface area contributed by atoms with Gasteiger partial charge in [0.1, 0.15) is 11.7 Å². The highest BCUT2D eigenvalue weighted by atomic mass is 16.7. The molecule has 0 unspecified atom stereocenters. The van der Waals surface area contributed by atoms with Crippen LogP contribution in [0.3, 0.4) is 0 Å². The number of fused-ring (bicyclic) bond motifs is 1. The highest BCUT2D eigenvalue weighted by Gasteiger charge is 2.40. The largest absolute Gasteiger partial charge is 0.496 e. The maximum atomic E-state index is 12.7. The lowest BCUT2D eigenvalue weighted by atomic mass is 9.74. The van der Waals surface area contributed by atoms with Crippen LogP contribution in [0.1, 0.15) is 42.7 Å². The molecule has 1 aliphatic carbocycles. The molecule has 0 aromatic heterocycles. The van der Waals surface area contributed by atoms with Gasteiger partial charge in [-0.15, -0.1) is 0 Å². The third kappa shape index (κ3) is 4.08. The van der Waals surface area contributed by atoms with Crippen molar-refractivity contribution in [3.63, 3.8) is 0 Å². The molecule has 0 atom stereocenters. The van der Waals surface area contributed by atoms with Crippen LogP contribution in [0.5, 0.6) is 17.2 Å². The second-order valence-electron chi connectivity index (χ2n) is 7.72. The zero-order valence-corrected chi connectivity index (χ0v) is 16.9. The molecule has 1 aliphatic heterocycles. The number of hydrogen-bond donors (Lipinski definition) is 0. The van der Waals surface area contributed by atoms with E-state index in [2.05, 4.69) is 0 Å². The van der Waals surface area contributed by atoms with E-state index < -0.39 is 5.92 Å². The van der Waals surface area contributed by atoms with Crippen molar-refractivity contribution in [3.8, 4) is 17.2 Å². The van der Waals surface area contributed by atoms with Crippen molar-refractivity contribution in [2.24, 2.45) is 5.92 Å². The maximum absolute atomic E-state index is 12.7. The molecule has 0 N–H and O–H groups in total. The van der Waals surface area contributed by atoms with Gasteiger partial charge in [-0.05, 0) is 42.2 Å². The van der Waals surface area contributed by atoms with Crippen molar-refractivity contribution < 1.29 is 28.6 Å². The van der Waals surface area contributed by atoms with E-state index in [1.807, 2.05) is 42.5 Å². The number of hydrogen-bond acceptors (Lipinski definition) is 6. The summed E-state index contributed by atoms with van der Waals surface area (Å²) in [5, 5.41) is 0. The summed E-state index contributed by atoms with van der Waals surface area (Å²) in [6.45, 7) is 0.221. The second-order valence-corrected chi connectivity index (χ2v) is 7.72. The van der Waals surface area contributed by atoms with Crippen molar-refractivity contribution in [1.29, 1.82) is 0 Å². The molecule has 2 aliphatic rings. The number of para-hydroxylation sites is 1. The van der Waals surface area contributed by atoms with Crippen molar-refractivity contribution >= 4 is 17.3 Å². The topological polar surface area (TPSA) is 78.9 Å². The Bertz CT molecular complexity index is 961. The maximum Gasteiger partial charge on any atom is 0.231 e. The Balaban J connectivity index is 1.34. The Morgan fingerprint density at radius 3 is 2.53 bits per heavy atom. The van der Waals surface area contributed by atoms with Gasteiger partial charge in [-0.2, -0.15) is 0 Å². The molecule has 6 heteroatoms. The lowest BCUT2D eigenvalue weighted by Crippen LogP contribution is -2.38. The van der Waals surface area contributed by atoms with Gasteiger partial charge in [-0.25, -0.2) is 0 Å². The predicted molar refractivity (Wildman–Crippen MR) is 109 cm³/mol. The highest BCUT2D eigenvalue weighted by Crippen LogP contribution is 2.37. The van der Waals surface area contributed by atoms with E-state index in [-0.39, 0.29) is 49.3 Å². The number of rotatable bonds is 7. The summed E-state index contributed by atoms with van der Waals surface area (Å²) in [6, 6.07) is 13.1. The zero-order valence-electron chi connectivity index (χ0n) is 16.9. The lowest BCUT2D eigenvalue weighted by molar-refractivity contribution is -0.142. The third-order valence-electron chi connectivity index (χ3n) is 5.77. The number of methoxy groups -OCH3 is 1. The molecule has 4 rings (SSSR count). The van der Waals surface area contributed by atoms with Crippen molar-refractivity contribution in [2.75, 3.05) is 13.9 Å². The summed E-state index contributed by atoms with van der Waals surface area (Å²) >= 11 is 0. The fourth-order valence-corrected chi connectivity index (χ4v) is 4.26. The van der Waals surface area contributed by atoms with Crippen molar-refractivity contribution in [3.05, 3.63) is 53.6 Å². The monoisotopic (exact) mass is 408 g/mol. The number of carbonyl (C=O) groups excluding carboxylic acids is 3. The molecule has 1 fully saturated rings. The fourth-order valence-electron chi connectivity index (χ4n) is 4.26. The molecular formula is C24H24O6. The molecule has 30 heavy (non-hydrogen) atoms. The van der Waals surface area contributed by atoms with Gasteiger partial charge in [0, 0.05) is 25.2 Å². The van der Waals surface area contributed by atoms with Crippen LogP contribution in [0, 0.1) is 5.92 Å². The first-order valence-corrected chi connectivity index (χ1v) is 10.2. The Labute approximate surface area is 175 Å². The number of ketones is 3. The Morgan fingerprint density at radius 2 is 1.77 bits per heavy atom. The third-order valence-corrected chi connectivity index (χ3v) is 5.77. The molecule has 1 saturated carbocycles. The van der Waals surface area contributed by atoms with E-state index in [0.717, 1.165) is 16.9 Å². The fraction of sp³-hybridized carbons (Fsp3) is 0.375. The lowest BCUT2D eigenvalue weighted by Gasteiger charge is -2.27. The first kappa shape index (κ1) is 20.1. The average molecular weight is 408 g/mol. The Morgan fingerprint density at radius 1 is 1.03 bits per heavy atom. The highest BCUT2D eigenvalue weighted by molar-refractivity contribution is 6.21. The first-order valence-electron chi connectivity index (χ1n) is 10.2. The number of ether oxygens (including phenoxy) is 3. The van der Waals surface area contributed by atoms with Crippen LogP contribution in [-0.2, 0) is 20.8 Å². The average Bonchev–Trinajstić information content (AvgIpc) is 3.21. The summed E-state index contributed by atoms with van der Waals surface area (Å²) in [5.74, 6) is -0.102. The number of benzene rings is 2. The van der Waals surface area contributed by atoms with Crippen LogP contribution in [0.25, 0.3) is 0 Å². The summed E-state index contributed by atoms with van der Waals surface area (Å²) in [6.07, 6.45) is 1.82. The minimum absolute atomic E-state index is 0.185. The van der Waals surface area contributed by atoms with Gasteiger partial charge in [0.25, 0.3) is 0 Å². The van der Waals surface area contributed by atoms with Crippen LogP contribution >= 0.6 is 0 Å². The quantitative estimate of drug-likeness (QED) is 0.651. The van der Waals surface area contributed by atoms with Gasteiger partial charge in [-0.3, -0.25) is 14.4 Å². The summed E-state index contributed by atoms with van der Waals surface area (Å²) in [5.41, 5.74) is 1.87. The summed E-state index contributed by atoms with van der Waals surface area (Å²) in [4.78, 5) is 38.0. The molecular weight excluding hydrogens is 384 g/mol. The van der Waals surface area contributed by atoms with E-state index in [0.29, 0.717) is 24.3 Å². The van der Waals surface area contributed by atoms with Gasteiger partial charge in [0.05, 0.1) is 7.11 Å². The molecule has 2 aromatic carbocycles. The van der Waals surface area contributed by atoms with E-state index in [9.17, 15) is 14.4 Å². The van der Waals surface area contributed by atoms with Gasteiger partial charge in [-0.1, -0.05) is 24.3 Å². The van der Waals surface area contributed by atoms with Gasteiger partial charge < -0.3 is 14.2 Å². The van der Waals surface area contributed by atoms with E-state index in [1.165, 1.54) is 0 Å². The van der Waals surface area contributed by atoms with Crippen molar-refractivity contribution in [1.82, 2.24) is 0 Å². The number of aryl methyl sites for hydroxylation is 1. The standard InChI is InChI=1S/C24H24O6/c1-28-21-8-3-2-6-17(21)16-12-19(26)24(20(27)13-16)18(25)7-4-5-15-9-10-22-23(11-15)30-14-29-22/h2-3,6,8-11,16,24H,4-5,7,12-14H2,1H3. The van der Waals surface area contributed by atoms with Crippen LogP contribution < -0.4 is 14.2 Å². The number of Topliss-reactive ketones (excluding diaryl/α,β-unsaturated/α-hetero) is 3. The van der Waals surface area contributed by atoms with Gasteiger partial charge in [0.15, 0.2) is 28.8 Å². The van der Waals surface area contributed by atoms with Crippen LogP contribution in [0.2, 0.25) is 0 Å². The Kier molecular flexibility index (Phi) is 5.84. The van der Waals surface area contributed by atoms with Crippen molar-refractivity contribution in [2.45, 2.75) is 38.0 Å². The number of carbonyl (C=O) groups is 3. The van der Waals surface area contributed by atoms with Crippen LogP contribution in [0.4, 0.5) is 0 Å². The van der Waals surface area contributed by atoms with Crippen LogP contribution in [0.15, 0.2) is 42.5 Å². The van der Waals surface area contributed by atoms with E-state index >= 15 is 0 Å². The normalized spacial score (nSPS) is 20.3. The minimum atomic E-state index is -1.12. The zero-order chi connectivity index (χ0) is 21.1. The molecule has 0 spiro atoms. The molecule has 156 valence electrons. The minimum Gasteiger partial charge on any atom is -0.496 e. The molecule has 0 bridgehead atoms. The molecule has 1 heterocycles. The van der Waals surface area contributed by atoms with E-state index in [1.54, 1.807) is 7.11 Å². The summed E-state index contributed by atoms with van der Waals surface area (Å²) in [7, 11) is 1.57.